The molecule has 1 aromatic rings. The number of likely N-dealkylation sites (tertiary alicyclic amines) is 1. The third-order valence-corrected chi connectivity index (χ3v) is 3.98. The van der Waals surface area contributed by atoms with Gasteiger partial charge in [0.05, 0.1) is 6.10 Å². The van der Waals surface area contributed by atoms with Crippen LogP contribution >= 0.6 is 0 Å². The fourth-order valence-corrected chi connectivity index (χ4v) is 2.44. The van der Waals surface area contributed by atoms with E-state index in [1.807, 2.05) is 32.0 Å². The molecular weight excluding hydrogens is 254 g/mol. The Labute approximate surface area is 120 Å². The van der Waals surface area contributed by atoms with Crippen molar-refractivity contribution < 1.29 is 14.6 Å². The first kappa shape index (κ1) is 14.9. The Kier molecular flexibility index (Phi) is 4.65. The highest BCUT2D eigenvalue weighted by Gasteiger charge is 2.26. The highest BCUT2D eigenvalue weighted by atomic mass is 16.5. The normalized spacial score (nSPS) is 17.9. The van der Waals surface area contributed by atoms with Gasteiger partial charge in [0.2, 0.25) is 0 Å². The molecule has 0 aromatic heterocycles. The quantitative estimate of drug-likeness (QED) is 0.920. The summed E-state index contributed by atoms with van der Waals surface area (Å²) < 4.78 is 5.81. The highest BCUT2D eigenvalue weighted by molar-refractivity contribution is 5.81. The van der Waals surface area contributed by atoms with Gasteiger partial charge in [-0.25, -0.2) is 0 Å². The molecule has 1 aromatic carbocycles. The largest absolute Gasteiger partial charge is 0.481 e. The third kappa shape index (κ3) is 3.31. The van der Waals surface area contributed by atoms with Gasteiger partial charge in [-0.3, -0.25) is 4.79 Å². The van der Waals surface area contributed by atoms with Crippen molar-refractivity contribution in [1.82, 2.24) is 4.90 Å². The molecule has 20 heavy (non-hydrogen) atoms. The van der Waals surface area contributed by atoms with Crippen LogP contribution in [-0.2, 0) is 4.79 Å². The first-order valence-electron chi connectivity index (χ1n) is 7.18. The summed E-state index contributed by atoms with van der Waals surface area (Å²) in [6.07, 6.45) is 0.546. The van der Waals surface area contributed by atoms with Gasteiger partial charge in [0.1, 0.15) is 5.75 Å². The molecule has 0 radical (unpaired) electrons. The van der Waals surface area contributed by atoms with E-state index < -0.39 is 6.10 Å². The topological polar surface area (TPSA) is 49.8 Å². The average molecular weight is 277 g/mol. The number of carbonyl (C=O) groups is 1. The lowest BCUT2D eigenvalue weighted by atomic mass is 10.1. The van der Waals surface area contributed by atoms with Crippen molar-refractivity contribution in [2.24, 2.45) is 0 Å². The second kappa shape index (κ2) is 6.27. The Bertz CT molecular complexity index is 479. The number of aliphatic hydroxyl groups excluding tert-OH is 1. The minimum absolute atomic E-state index is 0.00203. The summed E-state index contributed by atoms with van der Waals surface area (Å²) in [5.41, 5.74) is 2.23. The van der Waals surface area contributed by atoms with Crippen LogP contribution in [0.3, 0.4) is 0 Å². The number of benzene rings is 1. The van der Waals surface area contributed by atoms with Crippen LogP contribution in [0.4, 0.5) is 0 Å². The molecule has 0 spiro atoms. The van der Waals surface area contributed by atoms with Crippen LogP contribution in [0.1, 0.15) is 30.9 Å². The van der Waals surface area contributed by atoms with Crippen molar-refractivity contribution in [2.45, 2.75) is 45.8 Å². The molecule has 1 aliphatic heterocycles. The molecule has 1 N–H and O–H groups in total. The van der Waals surface area contributed by atoms with Gasteiger partial charge in [-0.2, -0.15) is 0 Å². The lowest BCUT2D eigenvalue weighted by Crippen LogP contribution is -2.45. The Morgan fingerprint density at radius 1 is 1.35 bits per heavy atom. The van der Waals surface area contributed by atoms with Gasteiger partial charge in [0, 0.05) is 13.1 Å². The van der Waals surface area contributed by atoms with Crippen LogP contribution in [0.25, 0.3) is 0 Å². The van der Waals surface area contributed by atoms with Crippen molar-refractivity contribution in [3.63, 3.8) is 0 Å². The molecule has 1 unspecified atom stereocenters. The van der Waals surface area contributed by atoms with Gasteiger partial charge in [-0.1, -0.05) is 12.1 Å². The van der Waals surface area contributed by atoms with Gasteiger partial charge in [0.25, 0.3) is 5.91 Å². The smallest absolute Gasteiger partial charge is 0.263 e. The van der Waals surface area contributed by atoms with Crippen LogP contribution in [0, 0.1) is 13.8 Å². The lowest BCUT2D eigenvalue weighted by Gasteiger charge is -2.31. The molecule has 4 heteroatoms. The zero-order valence-corrected chi connectivity index (χ0v) is 12.4. The predicted molar refractivity (Wildman–Crippen MR) is 77.8 cm³/mol. The van der Waals surface area contributed by atoms with E-state index in [0.717, 1.165) is 16.9 Å². The Morgan fingerprint density at radius 2 is 2.00 bits per heavy atom. The van der Waals surface area contributed by atoms with Crippen LogP contribution in [-0.4, -0.2) is 41.2 Å². The second-order valence-electron chi connectivity index (χ2n) is 5.51. The van der Waals surface area contributed by atoms with E-state index in [-0.39, 0.29) is 12.0 Å². The van der Waals surface area contributed by atoms with Crippen molar-refractivity contribution in [1.29, 1.82) is 0 Å². The van der Waals surface area contributed by atoms with Crippen molar-refractivity contribution in [3.8, 4) is 5.75 Å². The van der Waals surface area contributed by atoms with Crippen molar-refractivity contribution >= 4 is 5.91 Å². The first-order chi connectivity index (χ1) is 9.49. The molecule has 1 saturated heterocycles. The van der Waals surface area contributed by atoms with E-state index in [2.05, 4.69) is 0 Å². The molecule has 1 fully saturated rings. The van der Waals surface area contributed by atoms with Gasteiger partial charge < -0.3 is 14.7 Å². The van der Waals surface area contributed by atoms with E-state index in [0.29, 0.717) is 25.9 Å². The van der Waals surface area contributed by atoms with Crippen LogP contribution in [0.2, 0.25) is 0 Å². The number of carbonyl (C=O) groups excluding carboxylic acids is 1. The SMILES string of the molecule is Cc1cccc(OC(C)C(=O)N2CCC(O)CC2)c1C. The van der Waals surface area contributed by atoms with E-state index in [4.69, 9.17) is 4.74 Å². The molecular formula is C16H23NO3. The summed E-state index contributed by atoms with van der Waals surface area (Å²) in [6, 6.07) is 5.86. The third-order valence-electron chi connectivity index (χ3n) is 3.98. The first-order valence-corrected chi connectivity index (χ1v) is 7.18. The van der Waals surface area contributed by atoms with Crippen LogP contribution < -0.4 is 4.74 Å². The van der Waals surface area contributed by atoms with E-state index in [1.165, 1.54) is 0 Å². The summed E-state index contributed by atoms with van der Waals surface area (Å²) in [5, 5.41) is 9.48. The molecule has 0 aliphatic carbocycles. The molecule has 2 rings (SSSR count). The molecule has 4 nitrogen and oxygen atoms in total. The number of hydrogen-bond donors (Lipinski definition) is 1. The Balaban J connectivity index is 1.99. The lowest BCUT2D eigenvalue weighted by molar-refractivity contribution is -0.140. The number of aryl methyl sites for hydroxylation is 1. The fraction of sp³-hybridized carbons (Fsp3) is 0.562. The highest BCUT2D eigenvalue weighted by Crippen LogP contribution is 2.22. The van der Waals surface area contributed by atoms with Crippen LogP contribution in [0.15, 0.2) is 18.2 Å². The molecule has 1 heterocycles. The van der Waals surface area contributed by atoms with Crippen LogP contribution in [0.5, 0.6) is 5.75 Å². The maximum absolute atomic E-state index is 12.3. The maximum atomic E-state index is 12.3. The van der Waals surface area contributed by atoms with Gasteiger partial charge in [-0.15, -0.1) is 0 Å². The predicted octanol–water partition coefficient (Wildman–Crippen LogP) is 2.05. The number of aliphatic hydroxyl groups is 1. The molecule has 0 bridgehead atoms. The number of amides is 1. The maximum Gasteiger partial charge on any atom is 0.263 e. The number of rotatable bonds is 3. The summed E-state index contributed by atoms with van der Waals surface area (Å²) >= 11 is 0. The molecule has 1 amide bonds. The van der Waals surface area contributed by atoms with Gasteiger partial charge in [-0.05, 0) is 50.8 Å². The van der Waals surface area contributed by atoms with Gasteiger partial charge >= 0.3 is 0 Å². The van der Waals surface area contributed by atoms with Crippen molar-refractivity contribution in [2.75, 3.05) is 13.1 Å². The Hall–Kier alpha value is -1.55. The zero-order chi connectivity index (χ0) is 14.7. The van der Waals surface area contributed by atoms with E-state index in [9.17, 15) is 9.90 Å². The minimum Gasteiger partial charge on any atom is -0.481 e. The fourth-order valence-electron chi connectivity index (χ4n) is 2.44. The Morgan fingerprint density at radius 3 is 2.65 bits per heavy atom. The summed E-state index contributed by atoms with van der Waals surface area (Å²) in [4.78, 5) is 14.1. The number of ether oxygens (including phenoxy) is 1. The van der Waals surface area contributed by atoms with E-state index >= 15 is 0 Å². The standard InChI is InChI=1S/C16H23NO3/c1-11-5-4-6-15(12(11)2)20-13(3)16(19)17-9-7-14(18)8-10-17/h4-6,13-14,18H,7-10H2,1-3H3. The monoisotopic (exact) mass is 277 g/mol. The zero-order valence-electron chi connectivity index (χ0n) is 12.4. The summed E-state index contributed by atoms with van der Waals surface area (Å²) in [5.74, 6) is 0.765. The molecule has 1 aliphatic rings. The average Bonchev–Trinajstić information content (AvgIpc) is 2.44. The van der Waals surface area contributed by atoms with E-state index in [1.54, 1.807) is 11.8 Å². The molecule has 1 atom stereocenters. The van der Waals surface area contributed by atoms with Crippen molar-refractivity contribution in [3.05, 3.63) is 29.3 Å². The number of nitrogens with zero attached hydrogens (tertiary/aromatic N) is 1. The molecule has 110 valence electrons. The number of hydrogen-bond acceptors (Lipinski definition) is 3. The second-order valence-corrected chi connectivity index (χ2v) is 5.51. The summed E-state index contributed by atoms with van der Waals surface area (Å²) in [6.45, 7) is 7.04. The summed E-state index contributed by atoms with van der Waals surface area (Å²) in [7, 11) is 0. The van der Waals surface area contributed by atoms with Gasteiger partial charge in [0.15, 0.2) is 6.10 Å². The number of piperidine rings is 1. The minimum atomic E-state index is -0.495. The molecule has 0 saturated carbocycles.